The van der Waals surface area contributed by atoms with Gasteiger partial charge in [0.1, 0.15) is 0 Å². The molecule has 21 heavy (non-hydrogen) atoms. The molecule has 3 heteroatoms. The Bertz CT molecular complexity index is 643. The summed E-state index contributed by atoms with van der Waals surface area (Å²) in [7, 11) is 0. The van der Waals surface area contributed by atoms with Crippen molar-refractivity contribution in [2.45, 2.75) is 32.2 Å². The van der Waals surface area contributed by atoms with Crippen LogP contribution in [0.2, 0.25) is 0 Å². The maximum atomic E-state index is 12.4. The number of hydrogen-bond donors (Lipinski definition) is 1. The predicted octanol–water partition coefficient (Wildman–Crippen LogP) is 3.45. The van der Waals surface area contributed by atoms with Crippen molar-refractivity contribution in [1.82, 2.24) is 5.32 Å². The summed E-state index contributed by atoms with van der Waals surface area (Å²) in [5.74, 6) is 0.0179. The van der Waals surface area contributed by atoms with Crippen LogP contribution in [0, 0.1) is 6.92 Å². The van der Waals surface area contributed by atoms with E-state index in [4.69, 9.17) is 4.74 Å². The molecule has 3 rings (SSSR count). The first-order chi connectivity index (χ1) is 10.2. The SMILES string of the molecule is Cc1ccc2cc(C(=O)NC3CCCOCC3)ccc2c1. The number of hydrogen-bond acceptors (Lipinski definition) is 2. The maximum Gasteiger partial charge on any atom is 0.251 e. The smallest absolute Gasteiger partial charge is 0.251 e. The highest BCUT2D eigenvalue weighted by atomic mass is 16.5. The number of benzene rings is 2. The van der Waals surface area contributed by atoms with Gasteiger partial charge < -0.3 is 10.1 Å². The van der Waals surface area contributed by atoms with Gasteiger partial charge in [-0.1, -0.05) is 29.8 Å². The molecule has 1 unspecified atom stereocenters. The van der Waals surface area contributed by atoms with E-state index in [1.54, 1.807) is 0 Å². The van der Waals surface area contributed by atoms with Crippen LogP contribution in [0.3, 0.4) is 0 Å². The van der Waals surface area contributed by atoms with Crippen molar-refractivity contribution >= 4 is 16.7 Å². The Morgan fingerprint density at radius 3 is 2.81 bits per heavy atom. The van der Waals surface area contributed by atoms with Gasteiger partial charge in [0.2, 0.25) is 0 Å². The molecule has 3 nitrogen and oxygen atoms in total. The monoisotopic (exact) mass is 283 g/mol. The zero-order valence-electron chi connectivity index (χ0n) is 12.4. The van der Waals surface area contributed by atoms with E-state index in [0.29, 0.717) is 0 Å². The van der Waals surface area contributed by atoms with Crippen LogP contribution in [0.4, 0.5) is 0 Å². The Balaban J connectivity index is 1.76. The van der Waals surface area contributed by atoms with Crippen molar-refractivity contribution in [1.29, 1.82) is 0 Å². The lowest BCUT2D eigenvalue weighted by Gasteiger charge is -2.15. The number of carbonyl (C=O) groups is 1. The molecule has 1 aliphatic heterocycles. The summed E-state index contributed by atoms with van der Waals surface area (Å²) in [5.41, 5.74) is 1.97. The van der Waals surface area contributed by atoms with Crippen molar-refractivity contribution in [3.8, 4) is 0 Å². The van der Waals surface area contributed by atoms with Gasteiger partial charge in [0.25, 0.3) is 5.91 Å². The molecule has 1 fully saturated rings. The Hall–Kier alpha value is -1.87. The Morgan fingerprint density at radius 1 is 1.10 bits per heavy atom. The van der Waals surface area contributed by atoms with Gasteiger partial charge in [0.15, 0.2) is 0 Å². The number of carbonyl (C=O) groups excluding carboxylic acids is 1. The predicted molar refractivity (Wildman–Crippen MR) is 84.6 cm³/mol. The van der Waals surface area contributed by atoms with Crippen LogP contribution in [0.25, 0.3) is 10.8 Å². The van der Waals surface area contributed by atoms with Crippen molar-refractivity contribution in [3.63, 3.8) is 0 Å². The lowest BCUT2D eigenvalue weighted by molar-refractivity contribution is 0.0929. The van der Waals surface area contributed by atoms with Gasteiger partial charge in [-0.2, -0.15) is 0 Å². The van der Waals surface area contributed by atoms with Gasteiger partial charge in [0, 0.05) is 24.8 Å². The van der Waals surface area contributed by atoms with Gasteiger partial charge >= 0.3 is 0 Å². The average Bonchev–Trinajstić information content (AvgIpc) is 2.75. The van der Waals surface area contributed by atoms with E-state index in [-0.39, 0.29) is 11.9 Å². The van der Waals surface area contributed by atoms with Gasteiger partial charge in [-0.25, -0.2) is 0 Å². The van der Waals surface area contributed by atoms with Gasteiger partial charge in [-0.05, 0) is 49.1 Å². The van der Waals surface area contributed by atoms with Gasteiger partial charge in [0.05, 0.1) is 0 Å². The van der Waals surface area contributed by atoms with Crippen LogP contribution in [0.15, 0.2) is 36.4 Å². The minimum absolute atomic E-state index is 0.0179. The molecule has 2 aromatic rings. The van der Waals surface area contributed by atoms with E-state index < -0.39 is 0 Å². The van der Waals surface area contributed by atoms with Crippen LogP contribution in [-0.4, -0.2) is 25.2 Å². The van der Waals surface area contributed by atoms with Crippen LogP contribution in [0.1, 0.15) is 35.2 Å². The van der Waals surface area contributed by atoms with Crippen LogP contribution < -0.4 is 5.32 Å². The standard InChI is InChI=1S/C18H21NO2/c1-13-4-5-15-12-16(7-6-14(15)11-13)18(20)19-17-3-2-9-21-10-8-17/h4-7,11-12,17H,2-3,8-10H2,1H3,(H,19,20). The maximum absolute atomic E-state index is 12.4. The summed E-state index contributed by atoms with van der Waals surface area (Å²) < 4.78 is 5.43. The van der Waals surface area contributed by atoms with Crippen molar-refractivity contribution in [2.24, 2.45) is 0 Å². The first kappa shape index (κ1) is 14.1. The molecular formula is C18H21NO2. The highest BCUT2D eigenvalue weighted by Gasteiger charge is 2.16. The first-order valence-corrected chi connectivity index (χ1v) is 7.61. The van der Waals surface area contributed by atoms with Gasteiger partial charge in [-0.15, -0.1) is 0 Å². The Labute approximate surface area is 125 Å². The number of nitrogens with one attached hydrogen (secondary N) is 1. The van der Waals surface area contributed by atoms with E-state index in [0.717, 1.165) is 43.4 Å². The minimum atomic E-state index is 0.0179. The summed E-state index contributed by atoms with van der Waals surface area (Å²) >= 11 is 0. The minimum Gasteiger partial charge on any atom is -0.381 e. The number of rotatable bonds is 2. The largest absolute Gasteiger partial charge is 0.381 e. The van der Waals surface area contributed by atoms with Crippen LogP contribution >= 0.6 is 0 Å². The summed E-state index contributed by atoms with van der Waals surface area (Å²) in [6, 6.07) is 12.4. The fourth-order valence-corrected chi connectivity index (χ4v) is 2.82. The molecule has 1 saturated heterocycles. The van der Waals surface area contributed by atoms with Crippen molar-refractivity contribution in [2.75, 3.05) is 13.2 Å². The summed E-state index contributed by atoms with van der Waals surface area (Å²) in [4.78, 5) is 12.4. The third-order valence-corrected chi connectivity index (χ3v) is 4.05. The number of ether oxygens (including phenoxy) is 1. The third kappa shape index (κ3) is 3.42. The quantitative estimate of drug-likeness (QED) is 0.916. The topological polar surface area (TPSA) is 38.3 Å². The molecule has 110 valence electrons. The molecule has 1 N–H and O–H groups in total. The molecule has 1 amide bonds. The summed E-state index contributed by atoms with van der Waals surface area (Å²) in [6.07, 6.45) is 2.92. The summed E-state index contributed by atoms with van der Waals surface area (Å²) in [5, 5.41) is 5.42. The molecule has 1 heterocycles. The highest BCUT2D eigenvalue weighted by Crippen LogP contribution is 2.18. The average molecular weight is 283 g/mol. The number of aryl methyl sites for hydroxylation is 1. The molecule has 0 saturated carbocycles. The molecule has 0 aliphatic carbocycles. The zero-order valence-corrected chi connectivity index (χ0v) is 12.4. The second-order valence-corrected chi connectivity index (χ2v) is 5.78. The molecular weight excluding hydrogens is 262 g/mol. The zero-order chi connectivity index (χ0) is 14.7. The van der Waals surface area contributed by atoms with Crippen LogP contribution in [-0.2, 0) is 4.74 Å². The van der Waals surface area contributed by atoms with E-state index in [2.05, 4.69) is 30.4 Å². The lowest BCUT2D eigenvalue weighted by Crippen LogP contribution is -2.34. The molecule has 1 aliphatic rings. The summed E-state index contributed by atoms with van der Waals surface area (Å²) in [6.45, 7) is 3.62. The fourth-order valence-electron chi connectivity index (χ4n) is 2.82. The lowest BCUT2D eigenvalue weighted by atomic mass is 10.0. The molecule has 0 aromatic heterocycles. The molecule has 0 bridgehead atoms. The van der Waals surface area contributed by atoms with Crippen molar-refractivity contribution in [3.05, 3.63) is 47.5 Å². The van der Waals surface area contributed by atoms with Crippen LogP contribution in [0.5, 0.6) is 0 Å². The molecule has 0 spiro atoms. The van der Waals surface area contributed by atoms with E-state index in [1.807, 2.05) is 18.2 Å². The third-order valence-electron chi connectivity index (χ3n) is 4.05. The van der Waals surface area contributed by atoms with Gasteiger partial charge in [-0.3, -0.25) is 4.79 Å². The Kier molecular flexibility index (Phi) is 4.20. The molecule has 1 atom stereocenters. The fraction of sp³-hybridized carbons (Fsp3) is 0.389. The number of amides is 1. The van der Waals surface area contributed by atoms with E-state index >= 15 is 0 Å². The molecule has 0 radical (unpaired) electrons. The second kappa shape index (κ2) is 6.27. The second-order valence-electron chi connectivity index (χ2n) is 5.78. The van der Waals surface area contributed by atoms with E-state index in [1.165, 1.54) is 10.9 Å². The highest BCUT2D eigenvalue weighted by molar-refractivity contribution is 5.98. The number of fused-ring (bicyclic) bond motifs is 1. The van der Waals surface area contributed by atoms with Crippen molar-refractivity contribution < 1.29 is 9.53 Å². The molecule has 2 aromatic carbocycles. The Morgan fingerprint density at radius 2 is 1.90 bits per heavy atom. The van der Waals surface area contributed by atoms with E-state index in [9.17, 15) is 4.79 Å². The normalized spacial score (nSPS) is 19.2. The first-order valence-electron chi connectivity index (χ1n) is 7.61.